The zero-order valence-corrected chi connectivity index (χ0v) is 12.7. The van der Waals surface area contributed by atoms with Crippen molar-refractivity contribution < 1.29 is 9.53 Å². The van der Waals surface area contributed by atoms with Crippen LogP contribution in [0.4, 0.5) is 5.69 Å². The van der Waals surface area contributed by atoms with Crippen molar-refractivity contribution in [1.29, 1.82) is 0 Å². The first-order chi connectivity index (χ1) is 9.61. The van der Waals surface area contributed by atoms with Gasteiger partial charge in [0.2, 0.25) is 0 Å². The number of nitrogens with one attached hydrogen (secondary N) is 1. The van der Waals surface area contributed by atoms with E-state index in [9.17, 15) is 4.79 Å². The second-order valence-electron chi connectivity index (χ2n) is 5.85. The SMILES string of the molecule is COC(=O)c1ccc(C)c(NC(C)C2CCCCC2)c1. The summed E-state index contributed by atoms with van der Waals surface area (Å²) in [6.07, 6.45) is 6.68. The van der Waals surface area contributed by atoms with Crippen molar-refractivity contribution >= 4 is 11.7 Å². The molecule has 1 aliphatic carbocycles. The molecule has 1 saturated carbocycles. The third-order valence-electron chi connectivity index (χ3n) is 4.40. The number of carbonyl (C=O) groups excluding carboxylic acids is 1. The second kappa shape index (κ2) is 6.78. The van der Waals surface area contributed by atoms with Crippen LogP contribution in [0.15, 0.2) is 18.2 Å². The molecule has 0 bridgehead atoms. The van der Waals surface area contributed by atoms with E-state index in [2.05, 4.69) is 19.2 Å². The third-order valence-corrected chi connectivity index (χ3v) is 4.40. The van der Waals surface area contributed by atoms with Gasteiger partial charge in [0.1, 0.15) is 0 Å². The average molecular weight is 275 g/mol. The van der Waals surface area contributed by atoms with E-state index in [1.807, 2.05) is 18.2 Å². The van der Waals surface area contributed by atoms with Crippen molar-refractivity contribution in [2.75, 3.05) is 12.4 Å². The number of benzene rings is 1. The fourth-order valence-electron chi connectivity index (χ4n) is 3.02. The lowest BCUT2D eigenvalue weighted by atomic mass is 9.84. The molecule has 0 aromatic heterocycles. The molecule has 0 amide bonds. The molecule has 2 rings (SSSR count). The molecule has 0 aliphatic heterocycles. The number of carbonyl (C=O) groups is 1. The van der Waals surface area contributed by atoms with E-state index in [0.29, 0.717) is 11.6 Å². The molecule has 0 spiro atoms. The monoisotopic (exact) mass is 275 g/mol. The lowest BCUT2D eigenvalue weighted by Crippen LogP contribution is -2.28. The Kier molecular flexibility index (Phi) is 5.05. The van der Waals surface area contributed by atoms with E-state index >= 15 is 0 Å². The van der Waals surface area contributed by atoms with E-state index < -0.39 is 0 Å². The Bertz CT molecular complexity index is 464. The number of anilines is 1. The van der Waals surface area contributed by atoms with Gasteiger partial charge in [-0.1, -0.05) is 25.3 Å². The van der Waals surface area contributed by atoms with Crippen LogP contribution in [0, 0.1) is 12.8 Å². The van der Waals surface area contributed by atoms with Crippen LogP contribution in [0.3, 0.4) is 0 Å². The summed E-state index contributed by atoms with van der Waals surface area (Å²) in [6, 6.07) is 6.14. The van der Waals surface area contributed by atoms with Gasteiger partial charge in [0.25, 0.3) is 0 Å². The molecule has 0 saturated heterocycles. The molecule has 3 heteroatoms. The number of methoxy groups -OCH3 is 1. The quantitative estimate of drug-likeness (QED) is 0.838. The van der Waals surface area contributed by atoms with E-state index in [4.69, 9.17) is 4.74 Å². The smallest absolute Gasteiger partial charge is 0.337 e. The Labute approximate surface area is 121 Å². The number of hydrogen-bond donors (Lipinski definition) is 1. The van der Waals surface area contributed by atoms with Gasteiger partial charge in [-0.3, -0.25) is 0 Å². The molecule has 0 heterocycles. The van der Waals surface area contributed by atoms with Gasteiger partial charge in [-0.15, -0.1) is 0 Å². The zero-order chi connectivity index (χ0) is 14.5. The molecule has 0 radical (unpaired) electrons. The van der Waals surface area contributed by atoms with Gasteiger partial charge in [0.05, 0.1) is 12.7 Å². The predicted molar refractivity (Wildman–Crippen MR) is 82.2 cm³/mol. The van der Waals surface area contributed by atoms with Gasteiger partial charge < -0.3 is 10.1 Å². The first-order valence-corrected chi connectivity index (χ1v) is 7.57. The number of hydrogen-bond acceptors (Lipinski definition) is 3. The lowest BCUT2D eigenvalue weighted by Gasteiger charge is -2.29. The standard InChI is InChI=1S/C17H25NO2/c1-12-9-10-15(17(19)20-3)11-16(12)18-13(2)14-7-5-4-6-8-14/h9-11,13-14,18H,4-8H2,1-3H3. The Morgan fingerprint density at radius 3 is 2.65 bits per heavy atom. The second-order valence-corrected chi connectivity index (χ2v) is 5.85. The number of rotatable bonds is 4. The van der Waals surface area contributed by atoms with Crippen LogP contribution in [0.25, 0.3) is 0 Å². The Morgan fingerprint density at radius 2 is 2.00 bits per heavy atom. The summed E-state index contributed by atoms with van der Waals surface area (Å²) in [5, 5.41) is 3.59. The molecule has 1 unspecified atom stereocenters. The summed E-state index contributed by atoms with van der Waals surface area (Å²) in [4.78, 5) is 11.6. The Morgan fingerprint density at radius 1 is 1.30 bits per heavy atom. The van der Waals surface area contributed by atoms with E-state index in [1.54, 1.807) is 0 Å². The maximum atomic E-state index is 11.6. The summed E-state index contributed by atoms with van der Waals surface area (Å²) in [6.45, 7) is 4.32. The van der Waals surface area contributed by atoms with Crippen LogP contribution < -0.4 is 5.32 Å². The molecule has 1 aromatic rings. The maximum absolute atomic E-state index is 11.6. The van der Waals surface area contributed by atoms with Crippen molar-refractivity contribution in [1.82, 2.24) is 0 Å². The van der Waals surface area contributed by atoms with Gasteiger partial charge >= 0.3 is 5.97 Å². The van der Waals surface area contributed by atoms with Gasteiger partial charge in [0, 0.05) is 11.7 Å². The number of ether oxygens (including phenoxy) is 1. The van der Waals surface area contributed by atoms with Gasteiger partial charge in [-0.05, 0) is 50.3 Å². The number of aryl methyl sites for hydroxylation is 1. The van der Waals surface area contributed by atoms with Crippen LogP contribution in [0.2, 0.25) is 0 Å². The third kappa shape index (κ3) is 3.53. The largest absolute Gasteiger partial charge is 0.465 e. The van der Waals surface area contributed by atoms with Crippen molar-refractivity contribution in [3.05, 3.63) is 29.3 Å². The van der Waals surface area contributed by atoms with Gasteiger partial charge in [-0.2, -0.15) is 0 Å². The highest BCUT2D eigenvalue weighted by Crippen LogP contribution is 2.29. The highest BCUT2D eigenvalue weighted by Gasteiger charge is 2.20. The molecule has 1 fully saturated rings. The first kappa shape index (κ1) is 14.9. The van der Waals surface area contributed by atoms with Crippen molar-refractivity contribution in [2.24, 2.45) is 5.92 Å². The minimum atomic E-state index is -0.279. The summed E-state index contributed by atoms with van der Waals surface area (Å²) in [5.74, 6) is 0.461. The van der Waals surface area contributed by atoms with Crippen LogP contribution in [-0.2, 0) is 4.74 Å². The summed E-state index contributed by atoms with van der Waals surface area (Å²) in [7, 11) is 1.42. The molecular formula is C17H25NO2. The minimum Gasteiger partial charge on any atom is -0.465 e. The molecule has 1 aliphatic rings. The summed E-state index contributed by atoms with van der Waals surface area (Å²) in [5.41, 5.74) is 2.82. The highest BCUT2D eigenvalue weighted by molar-refractivity contribution is 5.90. The first-order valence-electron chi connectivity index (χ1n) is 7.57. The molecule has 1 aromatic carbocycles. The lowest BCUT2D eigenvalue weighted by molar-refractivity contribution is 0.0601. The van der Waals surface area contributed by atoms with Crippen molar-refractivity contribution in [3.63, 3.8) is 0 Å². The van der Waals surface area contributed by atoms with Gasteiger partial charge in [0.15, 0.2) is 0 Å². The maximum Gasteiger partial charge on any atom is 0.337 e. The minimum absolute atomic E-state index is 0.279. The molecule has 1 atom stereocenters. The van der Waals surface area contributed by atoms with E-state index in [-0.39, 0.29) is 5.97 Å². The van der Waals surface area contributed by atoms with E-state index in [1.165, 1.54) is 44.8 Å². The van der Waals surface area contributed by atoms with Crippen molar-refractivity contribution in [2.45, 2.75) is 52.0 Å². The summed E-state index contributed by atoms with van der Waals surface area (Å²) < 4.78 is 4.79. The van der Waals surface area contributed by atoms with Crippen LogP contribution in [0.5, 0.6) is 0 Å². The van der Waals surface area contributed by atoms with Gasteiger partial charge in [-0.25, -0.2) is 4.79 Å². The summed E-state index contributed by atoms with van der Waals surface area (Å²) >= 11 is 0. The van der Waals surface area contributed by atoms with Crippen LogP contribution >= 0.6 is 0 Å². The number of esters is 1. The Hall–Kier alpha value is -1.51. The average Bonchev–Trinajstić information content (AvgIpc) is 2.49. The molecule has 3 nitrogen and oxygen atoms in total. The predicted octanol–water partition coefficient (Wildman–Crippen LogP) is 4.16. The molecule has 20 heavy (non-hydrogen) atoms. The molecule has 1 N–H and O–H groups in total. The topological polar surface area (TPSA) is 38.3 Å². The zero-order valence-electron chi connectivity index (χ0n) is 12.7. The van der Waals surface area contributed by atoms with E-state index in [0.717, 1.165) is 11.6 Å². The highest BCUT2D eigenvalue weighted by atomic mass is 16.5. The fourth-order valence-corrected chi connectivity index (χ4v) is 3.02. The molecular weight excluding hydrogens is 250 g/mol. The van der Waals surface area contributed by atoms with Crippen molar-refractivity contribution in [3.8, 4) is 0 Å². The van der Waals surface area contributed by atoms with Crippen LogP contribution in [-0.4, -0.2) is 19.1 Å². The normalized spacial score (nSPS) is 17.6. The fraction of sp³-hybridized carbons (Fsp3) is 0.588. The Balaban J connectivity index is 2.09. The van der Waals surface area contributed by atoms with Crippen LogP contribution in [0.1, 0.15) is 54.9 Å². The molecule has 110 valence electrons.